The van der Waals surface area contributed by atoms with Crippen LogP contribution in [0.4, 0.5) is 11.6 Å². The molecule has 2 aromatic carbocycles. The first kappa shape index (κ1) is 17.0. The highest BCUT2D eigenvalue weighted by Gasteiger charge is 2.14. The summed E-state index contributed by atoms with van der Waals surface area (Å²) >= 11 is 6.24. The summed E-state index contributed by atoms with van der Waals surface area (Å²) in [4.78, 5) is 6.10. The van der Waals surface area contributed by atoms with Gasteiger partial charge in [-0.25, -0.2) is 4.52 Å². The molecule has 136 valence electrons. The van der Waals surface area contributed by atoms with Crippen LogP contribution in [0.5, 0.6) is 17.2 Å². The first-order chi connectivity index (χ1) is 12.9. The summed E-state index contributed by atoms with van der Waals surface area (Å²) in [6.07, 6.45) is 1.76. The van der Waals surface area contributed by atoms with Crippen molar-refractivity contribution >= 4 is 28.9 Å². The molecule has 0 saturated carbocycles. The van der Waals surface area contributed by atoms with Gasteiger partial charge in [0.1, 0.15) is 17.2 Å². The third-order valence-corrected chi connectivity index (χ3v) is 4.48. The van der Waals surface area contributed by atoms with Crippen molar-refractivity contribution in [2.45, 2.75) is 0 Å². The number of fused-ring (bicyclic) bond motifs is 1. The fourth-order valence-electron chi connectivity index (χ4n) is 2.80. The van der Waals surface area contributed by atoms with Crippen LogP contribution in [-0.2, 0) is 0 Å². The molecule has 0 spiro atoms. The van der Waals surface area contributed by atoms with E-state index in [0.717, 1.165) is 5.56 Å². The molecule has 0 aliphatic carbocycles. The third-order valence-electron chi connectivity index (χ3n) is 4.16. The zero-order chi connectivity index (χ0) is 19.1. The van der Waals surface area contributed by atoms with E-state index >= 15 is 0 Å². The zero-order valence-electron chi connectivity index (χ0n) is 14.2. The van der Waals surface area contributed by atoms with Gasteiger partial charge in [0.2, 0.25) is 5.95 Å². The average molecular weight is 383 g/mol. The first-order valence-corrected chi connectivity index (χ1v) is 8.40. The van der Waals surface area contributed by atoms with Crippen LogP contribution in [0.3, 0.4) is 0 Å². The molecule has 4 aromatic rings. The maximum absolute atomic E-state index is 9.72. The Morgan fingerprint density at radius 2 is 1.67 bits per heavy atom. The van der Waals surface area contributed by atoms with Gasteiger partial charge in [0.25, 0.3) is 0 Å². The Kier molecular flexibility index (Phi) is 4.01. The van der Waals surface area contributed by atoms with E-state index in [1.165, 1.54) is 24.3 Å². The number of halogens is 1. The highest BCUT2D eigenvalue weighted by atomic mass is 35.5. The molecule has 0 atom stereocenters. The van der Waals surface area contributed by atoms with Gasteiger partial charge in [0.05, 0.1) is 5.69 Å². The molecule has 0 amide bonds. The molecule has 0 bridgehead atoms. The highest BCUT2D eigenvalue weighted by molar-refractivity contribution is 6.33. The minimum atomic E-state index is -0.0542. The summed E-state index contributed by atoms with van der Waals surface area (Å²) < 4.78 is 1.60. The quantitative estimate of drug-likeness (QED) is 0.497. The Bertz CT molecular complexity index is 1140. The van der Waals surface area contributed by atoms with E-state index in [2.05, 4.69) is 10.1 Å². The molecule has 0 fully saturated rings. The molecule has 4 rings (SSSR count). The summed E-state index contributed by atoms with van der Waals surface area (Å²) in [5, 5.41) is 34.0. The maximum Gasteiger partial charge on any atom is 0.249 e. The van der Waals surface area contributed by atoms with Crippen LogP contribution in [0.2, 0.25) is 5.02 Å². The summed E-state index contributed by atoms with van der Waals surface area (Å²) in [7, 11) is 1.73. The van der Waals surface area contributed by atoms with Crippen LogP contribution < -0.4 is 4.90 Å². The lowest BCUT2D eigenvalue weighted by Gasteiger charge is -2.15. The monoisotopic (exact) mass is 382 g/mol. The van der Waals surface area contributed by atoms with Gasteiger partial charge in [-0.1, -0.05) is 11.6 Å². The van der Waals surface area contributed by atoms with Gasteiger partial charge in [-0.2, -0.15) is 4.98 Å². The average Bonchev–Trinajstić information content (AvgIpc) is 3.05. The van der Waals surface area contributed by atoms with Crippen LogP contribution in [0.1, 0.15) is 0 Å². The number of aromatic hydroxyl groups is 3. The van der Waals surface area contributed by atoms with Crippen molar-refractivity contribution in [1.82, 2.24) is 14.6 Å². The van der Waals surface area contributed by atoms with Gasteiger partial charge in [0, 0.05) is 47.6 Å². The molecule has 0 unspecified atom stereocenters. The van der Waals surface area contributed by atoms with Crippen LogP contribution >= 0.6 is 11.6 Å². The zero-order valence-corrected chi connectivity index (χ0v) is 15.0. The second-order valence-electron chi connectivity index (χ2n) is 6.06. The molecular formula is C19H15ClN4O3. The molecular weight excluding hydrogens is 368 g/mol. The predicted molar refractivity (Wildman–Crippen MR) is 103 cm³/mol. The van der Waals surface area contributed by atoms with Crippen LogP contribution in [0.15, 0.2) is 54.7 Å². The fourth-order valence-corrected chi connectivity index (χ4v) is 3.02. The van der Waals surface area contributed by atoms with Crippen molar-refractivity contribution in [2.24, 2.45) is 0 Å². The molecule has 2 heterocycles. The Labute approximate surface area is 159 Å². The van der Waals surface area contributed by atoms with E-state index in [1.54, 1.807) is 40.9 Å². The van der Waals surface area contributed by atoms with E-state index in [4.69, 9.17) is 11.6 Å². The number of rotatable bonds is 3. The lowest BCUT2D eigenvalue weighted by molar-refractivity contribution is 0.451. The first-order valence-electron chi connectivity index (χ1n) is 8.03. The maximum atomic E-state index is 9.72. The summed E-state index contributed by atoms with van der Waals surface area (Å²) in [5.41, 5.74) is 2.61. The largest absolute Gasteiger partial charge is 0.508 e. The molecule has 7 nitrogen and oxygen atoms in total. The Morgan fingerprint density at radius 1 is 0.926 bits per heavy atom. The number of phenolic OH excluding ortho intramolecular Hbond substituents is 3. The minimum Gasteiger partial charge on any atom is -0.508 e. The van der Waals surface area contributed by atoms with Gasteiger partial charge < -0.3 is 20.2 Å². The number of pyridine rings is 1. The Morgan fingerprint density at radius 3 is 2.41 bits per heavy atom. The van der Waals surface area contributed by atoms with E-state index in [9.17, 15) is 15.3 Å². The normalized spacial score (nSPS) is 11.0. The summed E-state index contributed by atoms with van der Waals surface area (Å²) in [5.74, 6) is 0.402. The van der Waals surface area contributed by atoms with Gasteiger partial charge in [-0.05, 0) is 30.3 Å². The molecule has 0 radical (unpaired) electrons. The minimum absolute atomic E-state index is 0.0542. The highest BCUT2D eigenvalue weighted by Crippen LogP contribution is 2.32. The smallest absolute Gasteiger partial charge is 0.249 e. The van der Waals surface area contributed by atoms with Gasteiger partial charge >= 0.3 is 0 Å². The molecule has 8 heteroatoms. The molecule has 0 saturated heterocycles. The summed E-state index contributed by atoms with van der Waals surface area (Å²) in [6.45, 7) is 0. The number of phenols is 3. The number of aromatic nitrogens is 3. The predicted octanol–water partition coefficient (Wildman–Crippen LogP) is 3.93. The number of nitrogens with zero attached hydrogens (tertiary/aromatic N) is 4. The van der Waals surface area contributed by atoms with Crippen molar-refractivity contribution < 1.29 is 15.3 Å². The summed E-state index contributed by atoms with van der Waals surface area (Å²) in [6, 6.07) is 12.6. The lowest BCUT2D eigenvalue weighted by atomic mass is 10.1. The SMILES string of the molecule is CN(c1cc(O)cc(O)c1)c1nc2ccc(-c3cc(O)ccc3Cl)cn2n1. The second-order valence-corrected chi connectivity index (χ2v) is 6.47. The molecule has 2 aromatic heterocycles. The lowest BCUT2D eigenvalue weighted by Crippen LogP contribution is -2.11. The topological polar surface area (TPSA) is 94.1 Å². The Balaban J connectivity index is 1.75. The third kappa shape index (κ3) is 3.20. The Hall–Kier alpha value is -3.45. The van der Waals surface area contributed by atoms with E-state index in [1.807, 2.05) is 6.07 Å². The number of hydrogen-bond donors (Lipinski definition) is 3. The number of benzene rings is 2. The van der Waals surface area contributed by atoms with Crippen molar-refractivity contribution in [3.8, 4) is 28.4 Å². The van der Waals surface area contributed by atoms with Crippen molar-refractivity contribution in [3.63, 3.8) is 0 Å². The van der Waals surface area contributed by atoms with Gasteiger partial charge in [-0.15, -0.1) is 5.10 Å². The van der Waals surface area contributed by atoms with Crippen molar-refractivity contribution in [1.29, 1.82) is 0 Å². The second kappa shape index (κ2) is 6.37. The van der Waals surface area contributed by atoms with Crippen molar-refractivity contribution in [3.05, 3.63) is 59.8 Å². The van der Waals surface area contributed by atoms with Crippen LogP contribution in [0.25, 0.3) is 16.8 Å². The van der Waals surface area contributed by atoms with Gasteiger partial charge in [0.15, 0.2) is 5.65 Å². The van der Waals surface area contributed by atoms with Crippen LogP contribution in [-0.4, -0.2) is 37.0 Å². The van der Waals surface area contributed by atoms with E-state index in [-0.39, 0.29) is 17.2 Å². The standard InChI is InChI=1S/C19H15ClN4O3/c1-23(12-6-14(26)8-15(27)7-12)19-21-18-5-2-11(10-24(18)22-19)16-9-13(25)3-4-17(16)20/h2-10,25-27H,1H3. The fraction of sp³-hybridized carbons (Fsp3) is 0.0526. The molecule has 0 aliphatic heterocycles. The number of anilines is 2. The van der Waals surface area contributed by atoms with Gasteiger partial charge in [-0.3, -0.25) is 0 Å². The molecule has 0 aliphatic rings. The molecule has 27 heavy (non-hydrogen) atoms. The van der Waals surface area contributed by atoms with Crippen molar-refractivity contribution in [2.75, 3.05) is 11.9 Å². The number of hydrogen-bond acceptors (Lipinski definition) is 6. The van der Waals surface area contributed by atoms with E-state index < -0.39 is 0 Å². The molecule has 3 N–H and O–H groups in total. The van der Waals surface area contributed by atoms with Crippen LogP contribution in [0, 0.1) is 0 Å². The van der Waals surface area contributed by atoms with E-state index in [0.29, 0.717) is 27.9 Å².